The summed E-state index contributed by atoms with van der Waals surface area (Å²) >= 11 is 0. The molecule has 2 N–H and O–H groups in total. The summed E-state index contributed by atoms with van der Waals surface area (Å²) in [5.41, 5.74) is 0. The van der Waals surface area contributed by atoms with Gasteiger partial charge in [0.05, 0.1) is 10.9 Å². The monoisotopic (exact) mass is 249 g/mol. The van der Waals surface area contributed by atoms with E-state index in [4.69, 9.17) is 0 Å². The highest BCUT2D eigenvalue weighted by Crippen LogP contribution is 2.24. The molecule has 1 rings (SSSR count). The van der Waals surface area contributed by atoms with Crippen LogP contribution in [0.15, 0.2) is 0 Å². The molecule has 96 valence electrons. The Balaban J connectivity index is 2.51. The van der Waals surface area contributed by atoms with Crippen LogP contribution in [0.4, 0.5) is 0 Å². The fourth-order valence-corrected chi connectivity index (χ4v) is 2.73. The first-order valence-corrected chi connectivity index (χ1v) is 7.39. The summed E-state index contributed by atoms with van der Waals surface area (Å²) < 4.78 is 25.4. The largest absolute Gasteiger partial charge is 0.393 e. The zero-order valence-electron chi connectivity index (χ0n) is 10.4. The first kappa shape index (κ1) is 13.9. The lowest BCUT2D eigenvalue weighted by atomic mass is 9.87. The molecule has 4 nitrogen and oxygen atoms in total. The first-order valence-electron chi connectivity index (χ1n) is 5.91. The van der Waals surface area contributed by atoms with Crippen LogP contribution in [0.25, 0.3) is 0 Å². The maximum absolute atomic E-state index is 11.8. The molecule has 1 saturated carbocycles. The molecule has 1 fully saturated rings. The molecule has 0 aromatic carbocycles. The zero-order valence-corrected chi connectivity index (χ0v) is 11.2. The van der Waals surface area contributed by atoms with Gasteiger partial charge in [-0.1, -0.05) is 12.8 Å². The highest BCUT2D eigenvalue weighted by atomic mass is 32.2. The van der Waals surface area contributed by atoms with Gasteiger partial charge in [-0.05, 0) is 39.5 Å². The first-order chi connectivity index (χ1) is 7.24. The molecule has 0 spiro atoms. The van der Waals surface area contributed by atoms with Crippen LogP contribution in [-0.4, -0.2) is 30.9 Å². The van der Waals surface area contributed by atoms with Gasteiger partial charge in [-0.25, -0.2) is 13.1 Å². The number of hydrogen-bond donors (Lipinski definition) is 2. The van der Waals surface area contributed by atoms with Crippen molar-refractivity contribution >= 4 is 10.0 Å². The van der Waals surface area contributed by atoms with Crippen LogP contribution in [0.2, 0.25) is 0 Å². The second-order valence-corrected chi connectivity index (χ2v) is 8.10. The Morgan fingerprint density at radius 2 is 1.81 bits per heavy atom. The molecule has 0 saturated heterocycles. The van der Waals surface area contributed by atoms with Crippen molar-refractivity contribution in [2.24, 2.45) is 5.92 Å². The number of nitrogens with one attached hydrogen (secondary N) is 1. The van der Waals surface area contributed by atoms with E-state index in [1.165, 1.54) is 0 Å². The van der Waals surface area contributed by atoms with Crippen molar-refractivity contribution in [2.75, 3.05) is 6.54 Å². The lowest BCUT2D eigenvalue weighted by molar-refractivity contribution is 0.0724. The standard InChI is InChI=1S/C11H23NO3S/c1-11(2,3)16(14,15)12-8-9-6-4-5-7-10(9)13/h9-10,12-13H,4-8H2,1-3H3. The lowest BCUT2D eigenvalue weighted by Gasteiger charge is -2.29. The molecule has 16 heavy (non-hydrogen) atoms. The molecule has 2 atom stereocenters. The third-order valence-electron chi connectivity index (χ3n) is 3.21. The summed E-state index contributed by atoms with van der Waals surface area (Å²) in [6.07, 6.45) is 3.48. The van der Waals surface area contributed by atoms with Gasteiger partial charge in [-0.2, -0.15) is 0 Å². The van der Waals surface area contributed by atoms with Crippen LogP contribution in [-0.2, 0) is 10.0 Å². The molecule has 0 radical (unpaired) electrons. The second kappa shape index (κ2) is 5.02. The quantitative estimate of drug-likeness (QED) is 0.791. The van der Waals surface area contributed by atoms with Crippen LogP contribution in [0.5, 0.6) is 0 Å². The minimum absolute atomic E-state index is 0.0749. The topological polar surface area (TPSA) is 66.4 Å². The van der Waals surface area contributed by atoms with Crippen molar-refractivity contribution in [1.82, 2.24) is 4.72 Å². The number of sulfonamides is 1. The molecule has 0 amide bonds. The number of rotatable bonds is 3. The predicted octanol–water partition coefficient (Wildman–Crippen LogP) is 1.26. The normalized spacial score (nSPS) is 28.0. The van der Waals surface area contributed by atoms with E-state index in [9.17, 15) is 13.5 Å². The summed E-state index contributed by atoms with van der Waals surface area (Å²) in [5.74, 6) is 0.0749. The van der Waals surface area contributed by atoms with Crippen molar-refractivity contribution in [3.63, 3.8) is 0 Å². The fourth-order valence-electron chi connectivity index (χ4n) is 1.86. The van der Waals surface area contributed by atoms with Crippen molar-refractivity contribution in [1.29, 1.82) is 0 Å². The van der Waals surface area contributed by atoms with Crippen molar-refractivity contribution in [3.05, 3.63) is 0 Å². The van der Waals surface area contributed by atoms with E-state index < -0.39 is 14.8 Å². The molecule has 0 aliphatic heterocycles. The highest BCUT2D eigenvalue weighted by molar-refractivity contribution is 7.90. The van der Waals surface area contributed by atoms with Crippen LogP contribution < -0.4 is 4.72 Å². The maximum Gasteiger partial charge on any atom is 0.216 e. The molecular formula is C11H23NO3S. The summed E-state index contributed by atoms with van der Waals surface area (Å²) in [4.78, 5) is 0. The van der Waals surface area contributed by atoms with Gasteiger partial charge in [-0.15, -0.1) is 0 Å². The van der Waals surface area contributed by atoms with E-state index >= 15 is 0 Å². The van der Waals surface area contributed by atoms with Gasteiger partial charge in [0.25, 0.3) is 0 Å². The van der Waals surface area contributed by atoms with E-state index in [0.717, 1.165) is 25.7 Å². The van der Waals surface area contributed by atoms with Gasteiger partial charge in [0.2, 0.25) is 10.0 Å². The summed E-state index contributed by atoms with van der Waals surface area (Å²) in [6.45, 7) is 5.38. The van der Waals surface area contributed by atoms with E-state index in [-0.39, 0.29) is 12.0 Å². The molecule has 0 aromatic rings. The van der Waals surface area contributed by atoms with Crippen molar-refractivity contribution in [3.8, 4) is 0 Å². The van der Waals surface area contributed by atoms with E-state index in [1.807, 2.05) is 0 Å². The van der Waals surface area contributed by atoms with Gasteiger partial charge in [0, 0.05) is 6.54 Å². The van der Waals surface area contributed by atoms with E-state index in [1.54, 1.807) is 20.8 Å². The molecule has 5 heteroatoms. The average molecular weight is 249 g/mol. The maximum atomic E-state index is 11.8. The van der Waals surface area contributed by atoms with Crippen LogP contribution >= 0.6 is 0 Å². The number of aliphatic hydroxyl groups excluding tert-OH is 1. The van der Waals surface area contributed by atoms with Gasteiger partial charge < -0.3 is 5.11 Å². The highest BCUT2D eigenvalue weighted by Gasteiger charge is 2.31. The average Bonchev–Trinajstić information content (AvgIpc) is 2.15. The smallest absolute Gasteiger partial charge is 0.216 e. The zero-order chi connectivity index (χ0) is 12.4. The molecule has 2 unspecified atom stereocenters. The van der Waals surface area contributed by atoms with E-state index in [2.05, 4.69) is 4.72 Å². The molecule has 0 aromatic heterocycles. The van der Waals surface area contributed by atoms with Crippen LogP contribution in [0.1, 0.15) is 46.5 Å². The van der Waals surface area contributed by atoms with Gasteiger partial charge in [0.15, 0.2) is 0 Å². The number of aliphatic hydroxyl groups is 1. The minimum Gasteiger partial charge on any atom is -0.393 e. The van der Waals surface area contributed by atoms with Gasteiger partial charge in [-0.3, -0.25) is 0 Å². The Morgan fingerprint density at radius 3 is 2.31 bits per heavy atom. The molecule has 1 aliphatic rings. The fraction of sp³-hybridized carbons (Fsp3) is 1.00. The van der Waals surface area contributed by atoms with Gasteiger partial charge >= 0.3 is 0 Å². The molecular weight excluding hydrogens is 226 g/mol. The summed E-state index contributed by atoms with van der Waals surface area (Å²) in [5, 5.41) is 9.73. The Kier molecular flexibility index (Phi) is 4.37. The Morgan fingerprint density at radius 1 is 1.25 bits per heavy atom. The van der Waals surface area contributed by atoms with Crippen molar-refractivity contribution < 1.29 is 13.5 Å². The third kappa shape index (κ3) is 3.43. The molecule has 1 aliphatic carbocycles. The predicted molar refractivity (Wildman–Crippen MR) is 64.6 cm³/mol. The summed E-state index contributed by atoms with van der Waals surface area (Å²) in [7, 11) is -3.28. The Bertz CT molecular complexity index is 319. The van der Waals surface area contributed by atoms with Gasteiger partial charge in [0.1, 0.15) is 0 Å². The lowest BCUT2D eigenvalue weighted by Crippen LogP contribution is -2.43. The summed E-state index contributed by atoms with van der Waals surface area (Å²) in [6, 6.07) is 0. The van der Waals surface area contributed by atoms with Crippen LogP contribution in [0, 0.1) is 5.92 Å². The second-order valence-electron chi connectivity index (χ2n) is 5.58. The minimum atomic E-state index is -3.28. The molecule has 0 bridgehead atoms. The SMILES string of the molecule is CC(C)(C)S(=O)(=O)NCC1CCCCC1O. The third-order valence-corrected chi connectivity index (χ3v) is 5.37. The number of hydrogen-bond acceptors (Lipinski definition) is 3. The Labute approximate surface area is 98.5 Å². The molecule has 0 heterocycles. The van der Waals surface area contributed by atoms with Crippen molar-refractivity contribution in [2.45, 2.75) is 57.3 Å². The van der Waals surface area contributed by atoms with E-state index in [0.29, 0.717) is 6.54 Å². The Hall–Kier alpha value is -0.130. The van der Waals surface area contributed by atoms with Crippen LogP contribution in [0.3, 0.4) is 0 Å².